The van der Waals surface area contributed by atoms with Gasteiger partial charge in [-0.1, -0.05) is 12.5 Å². The number of nitrogens with one attached hydrogen (secondary N) is 1. The number of nitrogens with zero attached hydrogens (tertiary/aromatic N) is 2. The maximum atomic E-state index is 11.1. The Morgan fingerprint density at radius 2 is 2.26 bits per heavy atom. The van der Waals surface area contributed by atoms with E-state index in [1.165, 1.54) is 12.8 Å². The first-order valence-electron chi connectivity index (χ1n) is 6.77. The van der Waals surface area contributed by atoms with E-state index in [0.29, 0.717) is 11.7 Å². The molecular weight excluding hydrogens is 242 g/mol. The van der Waals surface area contributed by atoms with Gasteiger partial charge in [0.05, 0.1) is 4.92 Å². The van der Waals surface area contributed by atoms with Crippen molar-refractivity contribution in [1.29, 1.82) is 0 Å². The first-order chi connectivity index (χ1) is 9.08. The molecule has 1 aromatic rings. The minimum Gasteiger partial charge on any atom is -0.367 e. The molecule has 0 saturated carbocycles. The Morgan fingerprint density at radius 1 is 1.47 bits per heavy atom. The van der Waals surface area contributed by atoms with Gasteiger partial charge in [-0.15, -0.1) is 0 Å². The highest BCUT2D eigenvalue weighted by Gasteiger charge is 2.20. The number of hydrogen-bond donors (Lipinski definition) is 1. The summed E-state index contributed by atoms with van der Waals surface area (Å²) in [5.74, 6) is 0. The Labute approximate surface area is 113 Å². The molecule has 0 bridgehead atoms. The van der Waals surface area contributed by atoms with Crippen LogP contribution < -0.4 is 10.2 Å². The smallest absolute Gasteiger partial charge is 0.292 e. The quantitative estimate of drug-likeness (QED) is 0.669. The van der Waals surface area contributed by atoms with E-state index in [0.717, 1.165) is 25.1 Å². The van der Waals surface area contributed by atoms with Gasteiger partial charge in [0.2, 0.25) is 0 Å². The number of nitro benzene ring substituents is 1. The number of nitro groups is 1. The van der Waals surface area contributed by atoms with Gasteiger partial charge < -0.3 is 10.2 Å². The van der Waals surface area contributed by atoms with Crippen LogP contribution in [-0.2, 0) is 0 Å². The van der Waals surface area contributed by atoms with Gasteiger partial charge in [-0.05, 0) is 37.9 Å². The van der Waals surface area contributed by atoms with E-state index in [1.807, 2.05) is 24.9 Å². The highest BCUT2D eigenvalue weighted by atomic mass is 16.6. The Hall–Kier alpha value is -1.62. The van der Waals surface area contributed by atoms with E-state index in [1.54, 1.807) is 12.1 Å². The Balaban J connectivity index is 2.14. The maximum Gasteiger partial charge on any atom is 0.292 e. The lowest BCUT2D eigenvalue weighted by Crippen LogP contribution is -2.42. The molecule has 1 aliphatic rings. The van der Waals surface area contributed by atoms with Crippen LogP contribution >= 0.6 is 0 Å². The minimum absolute atomic E-state index is 0.184. The molecule has 1 heterocycles. The van der Waals surface area contributed by atoms with Crippen LogP contribution in [0.5, 0.6) is 0 Å². The second kappa shape index (κ2) is 6.02. The first kappa shape index (κ1) is 13.8. The van der Waals surface area contributed by atoms with Crippen LogP contribution in [0.2, 0.25) is 0 Å². The summed E-state index contributed by atoms with van der Waals surface area (Å²) in [6.45, 7) is 3.82. The van der Waals surface area contributed by atoms with Crippen molar-refractivity contribution >= 4 is 11.4 Å². The molecule has 1 saturated heterocycles. The fraction of sp³-hybridized carbons (Fsp3) is 0.571. The summed E-state index contributed by atoms with van der Waals surface area (Å²) in [7, 11) is 1.93. The molecule has 5 heteroatoms. The largest absolute Gasteiger partial charge is 0.367 e. The number of rotatable bonds is 4. The third-order valence-corrected chi connectivity index (χ3v) is 3.65. The van der Waals surface area contributed by atoms with Crippen LogP contribution in [-0.4, -0.2) is 31.1 Å². The van der Waals surface area contributed by atoms with Gasteiger partial charge in [0.1, 0.15) is 5.69 Å². The molecule has 1 atom stereocenters. The molecule has 104 valence electrons. The summed E-state index contributed by atoms with van der Waals surface area (Å²) in [6, 6.07) is 5.70. The summed E-state index contributed by atoms with van der Waals surface area (Å²) in [5.41, 5.74) is 1.94. The molecule has 0 radical (unpaired) electrons. The summed E-state index contributed by atoms with van der Waals surface area (Å²) < 4.78 is 0. The van der Waals surface area contributed by atoms with Crippen LogP contribution in [0, 0.1) is 17.0 Å². The summed E-state index contributed by atoms with van der Waals surface area (Å²) in [5, 5.41) is 14.6. The molecule has 1 N–H and O–H groups in total. The molecule has 0 spiro atoms. The summed E-state index contributed by atoms with van der Waals surface area (Å²) in [4.78, 5) is 12.8. The average Bonchev–Trinajstić information content (AvgIpc) is 2.39. The average molecular weight is 263 g/mol. The van der Waals surface area contributed by atoms with Gasteiger partial charge in [0.15, 0.2) is 0 Å². The molecule has 1 aromatic carbocycles. The van der Waals surface area contributed by atoms with Crippen molar-refractivity contribution in [2.45, 2.75) is 32.2 Å². The van der Waals surface area contributed by atoms with Crippen molar-refractivity contribution in [1.82, 2.24) is 5.32 Å². The standard InChI is InChI=1S/C14H21N3O2/c1-11-6-7-13(17(18)19)14(9-11)16(2)10-12-5-3-4-8-15-12/h6-7,9,12,15H,3-5,8,10H2,1-2H3. The van der Waals surface area contributed by atoms with E-state index >= 15 is 0 Å². The van der Waals surface area contributed by atoms with Gasteiger partial charge in [-0.3, -0.25) is 10.1 Å². The van der Waals surface area contributed by atoms with E-state index < -0.39 is 0 Å². The predicted octanol–water partition coefficient (Wildman–Crippen LogP) is 2.48. The number of likely N-dealkylation sites (N-methyl/N-ethyl adjacent to an activating group) is 1. The molecule has 0 aromatic heterocycles. The van der Waals surface area contributed by atoms with Crippen molar-refractivity contribution < 1.29 is 4.92 Å². The summed E-state index contributed by atoms with van der Waals surface area (Å²) >= 11 is 0. The van der Waals surface area contributed by atoms with Gasteiger partial charge in [0, 0.05) is 25.7 Å². The molecule has 1 fully saturated rings. The third-order valence-electron chi connectivity index (χ3n) is 3.65. The second-order valence-corrected chi connectivity index (χ2v) is 5.28. The molecule has 0 aliphatic carbocycles. The molecule has 0 amide bonds. The van der Waals surface area contributed by atoms with E-state index in [2.05, 4.69) is 5.32 Å². The van der Waals surface area contributed by atoms with Crippen LogP contribution in [0.4, 0.5) is 11.4 Å². The molecule has 19 heavy (non-hydrogen) atoms. The van der Waals surface area contributed by atoms with Crippen molar-refractivity contribution in [3.8, 4) is 0 Å². The number of aryl methyl sites for hydroxylation is 1. The lowest BCUT2D eigenvalue weighted by Gasteiger charge is -2.29. The SMILES string of the molecule is Cc1ccc([N+](=O)[O-])c(N(C)CC2CCCCN2)c1. The molecule has 1 aliphatic heterocycles. The third kappa shape index (κ3) is 3.44. The van der Waals surface area contributed by atoms with Crippen molar-refractivity contribution in [2.24, 2.45) is 0 Å². The monoisotopic (exact) mass is 263 g/mol. The molecule has 5 nitrogen and oxygen atoms in total. The van der Waals surface area contributed by atoms with E-state index in [9.17, 15) is 10.1 Å². The lowest BCUT2D eigenvalue weighted by molar-refractivity contribution is -0.384. The fourth-order valence-corrected chi connectivity index (χ4v) is 2.60. The number of benzene rings is 1. The summed E-state index contributed by atoms with van der Waals surface area (Å²) in [6.07, 6.45) is 3.61. The lowest BCUT2D eigenvalue weighted by atomic mass is 10.0. The molecule has 2 rings (SSSR count). The maximum absolute atomic E-state index is 11.1. The van der Waals surface area contributed by atoms with Gasteiger partial charge >= 0.3 is 0 Å². The normalized spacial score (nSPS) is 19.2. The Bertz CT molecular complexity index is 456. The van der Waals surface area contributed by atoms with Crippen LogP contribution in [0.25, 0.3) is 0 Å². The van der Waals surface area contributed by atoms with Crippen molar-refractivity contribution in [3.05, 3.63) is 33.9 Å². The number of piperidine rings is 1. The fourth-order valence-electron chi connectivity index (χ4n) is 2.60. The minimum atomic E-state index is -0.306. The van der Waals surface area contributed by atoms with Crippen LogP contribution in [0.15, 0.2) is 18.2 Å². The molecule has 1 unspecified atom stereocenters. The van der Waals surface area contributed by atoms with E-state index in [4.69, 9.17) is 0 Å². The molecular formula is C14H21N3O2. The van der Waals surface area contributed by atoms with Crippen molar-refractivity contribution in [2.75, 3.05) is 25.0 Å². The van der Waals surface area contributed by atoms with Crippen molar-refractivity contribution in [3.63, 3.8) is 0 Å². The van der Waals surface area contributed by atoms with E-state index in [-0.39, 0.29) is 10.6 Å². The number of hydrogen-bond acceptors (Lipinski definition) is 4. The zero-order valence-electron chi connectivity index (χ0n) is 11.6. The Kier molecular flexibility index (Phi) is 4.37. The highest BCUT2D eigenvalue weighted by Crippen LogP contribution is 2.28. The number of anilines is 1. The topological polar surface area (TPSA) is 58.4 Å². The first-order valence-corrected chi connectivity index (χ1v) is 6.77. The van der Waals surface area contributed by atoms with Gasteiger partial charge in [-0.25, -0.2) is 0 Å². The Morgan fingerprint density at radius 3 is 2.89 bits per heavy atom. The van der Waals surface area contributed by atoms with Gasteiger partial charge in [-0.2, -0.15) is 0 Å². The zero-order valence-corrected chi connectivity index (χ0v) is 11.6. The predicted molar refractivity (Wildman–Crippen MR) is 76.7 cm³/mol. The van der Waals surface area contributed by atoms with Gasteiger partial charge in [0.25, 0.3) is 5.69 Å². The zero-order chi connectivity index (χ0) is 13.8. The second-order valence-electron chi connectivity index (χ2n) is 5.28. The van der Waals surface area contributed by atoms with Crippen LogP contribution in [0.1, 0.15) is 24.8 Å². The highest BCUT2D eigenvalue weighted by molar-refractivity contribution is 5.64. The van der Waals surface area contributed by atoms with Crippen LogP contribution in [0.3, 0.4) is 0 Å².